The third-order valence-electron chi connectivity index (χ3n) is 9.53. The number of allylic oxidation sites excluding steroid dienone is 2. The first-order chi connectivity index (χ1) is 20.9. The van der Waals surface area contributed by atoms with Gasteiger partial charge in [0.1, 0.15) is 0 Å². The second kappa shape index (κ2) is 8.06. The lowest BCUT2D eigenvalue weighted by Gasteiger charge is -2.16. The summed E-state index contributed by atoms with van der Waals surface area (Å²) < 4.78 is 0. The summed E-state index contributed by atoms with van der Waals surface area (Å²) in [5, 5.41) is 7.88. The smallest absolute Gasteiger partial charge is 0.000116 e. The molecular weight excluding hydrogens is 504 g/mol. The van der Waals surface area contributed by atoms with Crippen LogP contribution in [-0.4, -0.2) is 0 Å². The van der Waals surface area contributed by atoms with E-state index in [1.807, 2.05) is 0 Å². The maximum Gasteiger partial charge on any atom is -0.000116 e. The van der Waals surface area contributed by atoms with Gasteiger partial charge in [0.15, 0.2) is 0 Å². The molecule has 0 radical (unpaired) electrons. The van der Waals surface area contributed by atoms with Crippen molar-refractivity contribution in [1.82, 2.24) is 0 Å². The molecule has 0 nitrogen and oxygen atoms in total. The average molecular weight is 529 g/mol. The predicted octanol–water partition coefficient (Wildman–Crippen LogP) is 10.9. The van der Waals surface area contributed by atoms with E-state index in [2.05, 4.69) is 146 Å². The normalized spacial score (nSPS) is 14.4. The zero-order valence-corrected chi connectivity index (χ0v) is 22.9. The molecule has 0 bridgehead atoms. The van der Waals surface area contributed by atoms with Crippen LogP contribution < -0.4 is 0 Å². The van der Waals surface area contributed by atoms with Gasteiger partial charge in [0.2, 0.25) is 0 Å². The summed E-state index contributed by atoms with van der Waals surface area (Å²) >= 11 is 0. The Balaban J connectivity index is 1.45. The van der Waals surface area contributed by atoms with E-state index >= 15 is 0 Å². The van der Waals surface area contributed by atoms with Crippen LogP contribution in [0.4, 0.5) is 0 Å². The van der Waals surface area contributed by atoms with Crippen LogP contribution in [0, 0.1) is 0 Å². The first kappa shape index (κ1) is 22.3. The predicted molar refractivity (Wildman–Crippen MR) is 179 cm³/mol. The SMILES string of the molecule is C1=Cc2ccc(C3=C4C(=C(c5ccccc5)c5c4ccc4ccccc54)c4c3ccc3ccccc43)c3cccc1c23. The van der Waals surface area contributed by atoms with Crippen molar-refractivity contribution < 1.29 is 0 Å². The van der Waals surface area contributed by atoms with E-state index in [1.54, 1.807) is 0 Å². The van der Waals surface area contributed by atoms with Crippen molar-refractivity contribution in [2.75, 3.05) is 0 Å². The molecule has 42 heavy (non-hydrogen) atoms. The minimum absolute atomic E-state index is 1.27. The summed E-state index contributed by atoms with van der Waals surface area (Å²) in [6.07, 6.45) is 4.51. The third kappa shape index (κ3) is 2.77. The highest BCUT2D eigenvalue weighted by Crippen LogP contribution is 2.61. The van der Waals surface area contributed by atoms with Gasteiger partial charge in [-0.15, -0.1) is 0 Å². The Morgan fingerprint density at radius 2 is 0.881 bits per heavy atom. The number of hydrogen-bond donors (Lipinski definition) is 0. The maximum absolute atomic E-state index is 2.37. The molecule has 7 aromatic rings. The van der Waals surface area contributed by atoms with Gasteiger partial charge in [-0.05, 0) is 99.1 Å². The molecule has 7 aromatic carbocycles. The highest BCUT2D eigenvalue weighted by atomic mass is 14.4. The molecule has 0 aliphatic heterocycles. The molecule has 0 unspecified atom stereocenters. The fraction of sp³-hybridized carbons (Fsp3) is 0. The van der Waals surface area contributed by atoms with Crippen molar-refractivity contribution in [3.05, 3.63) is 178 Å². The number of rotatable bonds is 2. The van der Waals surface area contributed by atoms with Crippen molar-refractivity contribution in [3.63, 3.8) is 0 Å². The van der Waals surface area contributed by atoms with Gasteiger partial charge < -0.3 is 0 Å². The van der Waals surface area contributed by atoms with Crippen LogP contribution in [0.3, 0.4) is 0 Å². The summed E-state index contributed by atoms with van der Waals surface area (Å²) in [5.74, 6) is 0. The van der Waals surface area contributed by atoms with Crippen molar-refractivity contribution in [2.45, 2.75) is 0 Å². The average Bonchev–Trinajstić information content (AvgIpc) is 3.73. The van der Waals surface area contributed by atoms with E-state index in [0.717, 1.165) is 0 Å². The van der Waals surface area contributed by atoms with E-state index in [-0.39, 0.29) is 0 Å². The van der Waals surface area contributed by atoms with Gasteiger partial charge in [0.05, 0.1) is 0 Å². The van der Waals surface area contributed by atoms with E-state index in [1.165, 1.54) is 99.1 Å². The van der Waals surface area contributed by atoms with Crippen LogP contribution in [0.25, 0.3) is 66.8 Å². The molecule has 0 fully saturated rings. The quantitative estimate of drug-likeness (QED) is 0.209. The molecule has 192 valence electrons. The van der Waals surface area contributed by atoms with Gasteiger partial charge in [-0.25, -0.2) is 0 Å². The lowest BCUT2D eigenvalue weighted by Crippen LogP contribution is -1.95. The number of hydrogen-bond acceptors (Lipinski definition) is 0. The number of benzene rings is 7. The maximum atomic E-state index is 2.37. The van der Waals surface area contributed by atoms with Crippen LogP contribution in [0.15, 0.2) is 133 Å². The van der Waals surface area contributed by atoms with Gasteiger partial charge >= 0.3 is 0 Å². The zero-order chi connectivity index (χ0) is 27.4. The first-order valence-corrected chi connectivity index (χ1v) is 14.7. The highest BCUT2D eigenvalue weighted by molar-refractivity contribution is 6.40. The Bertz CT molecular complexity index is 2420. The third-order valence-corrected chi connectivity index (χ3v) is 9.53. The second-order valence-corrected chi connectivity index (χ2v) is 11.6. The molecular formula is C42H24. The molecule has 0 spiro atoms. The van der Waals surface area contributed by atoms with Gasteiger partial charge in [-0.1, -0.05) is 146 Å². The minimum Gasteiger partial charge on any atom is -0.0622 e. The zero-order valence-electron chi connectivity index (χ0n) is 22.9. The first-order valence-electron chi connectivity index (χ1n) is 14.7. The van der Waals surface area contributed by atoms with Gasteiger partial charge in [0.25, 0.3) is 0 Å². The van der Waals surface area contributed by atoms with Crippen molar-refractivity contribution in [2.24, 2.45) is 0 Å². The van der Waals surface area contributed by atoms with E-state index in [0.29, 0.717) is 0 Å². The minimum atomic E-state index is 1.27. The summed E-state index contributed by atoms with van der Waals surface area (Å²) in [6, 6.07) is 49.6. The molecule has 0 saturated carbocycles. The van der Waals surface area contributed by atoms with Crippen LogP contribution in [-0.2, 0) is 0 Å². The summed E-state index contributed by atoms with van der Waals surface area (Å²) in [6.45, 7) is 0. The molecule has 3 aliphatic carbocycles. The molecule has 0 heteroatoms. The summed E-state index contributed by atoms with van der Waals surface area (Å²) in [4.78, 5) is 0. The van der Waals surface area contributed by atoms with Gasteiger partial charge in [-0.2, -0.15) is 0 Å². The standard InChI is InChI=1S/C42H24/c1-2-11-27(12-3-1)37-38-30-14-6-4-9-25(30)20-24-35(38)41-40(33-22-21-29-18-17-28-13-8-16-32(33)36(28)29)34-23-19-26-10-5-7-15-31(26)39(34)42(37)41/h1-24H. The Kier molecular flexibility index (Phi) is 4.27. The second-order valence-electron chi connectivity index (χ2n) is 11.6. The van der Waals surface area contributed by atoms with E-state index in [9.17, 15) is 0 Å². The Morgan fingerprint density at radius 3 is 1.62 bits per heavy atom. The lowest BCUT2D eigenvalue weighted by atomic mass is 9.86. The molecule has 0 N–H and O–H groups in total. The van der Waals surface area contributed by atoms with Gasteiger partial charge in [0, 0.05) is 0 Å². The van der Waals surface area contributed by atoms with Crippen molar-refractivity contribution in [3.8, 4) is 0 Å². The van der Waals surface area contributed by atoms with E-state index < -0.39 is 0 Å². The molecule has 0 aromatic heterocycles. The van der Waals surface area contributed by atoms with Crippen LogP contribution in [0.2, 0.25) is 0 Å². The molecule has 3 aliphatic rings. The fourth-order valence-electron chi connectivity index (χ4n) is 7.84. The fourth-order valence-corrected chi connectivity index (χ4v) is 7.84. The Hall–Kier alpha value is -5.46. The molecule has 0 heterocycles. The summed E-state index contributed by atoms with van der Waals surface area (Å²) in [5.41, 5.74) is 16.0. The topological polar surface area (TPSA) is 0 Å². The van der Waals surface area contributed by atoms with Crippen LogP contribution in [0.5, 0.6) is 0 Å². The summed E-state index contributed by atoms with van der Waals surface area (Å²) in [7, 11) is 0. The molecule has 10 rings (SSSR count). The largest absolute Gasteiger partial charge is 0.0622 e. The van der Waals surface area contributed by atoms with Crippen LogP contribution in [0.1, 0.15) is 44.5 Å². The van der Waals surface area contributed by atoms with Crippen molar-refractivity contribution >= 4 is 66.8 Å². The molecule has 0 atom stereocenters. The van der Waals surface area contributed by atoms with Crippen molar-refractivity contribution in [1.29, 1.82) is 0 Å². The molecule has 0 amide bonds. The molecule has 0 saturated heterocycles. The monoisotopic (exact) mass is 528 g/mol. The van der Waals surface area contributed by atoms with Gasteiger partial charge in [-0.3, -0.25) is 0 Å². The van der Waals surface area contributed by atoms with Crippen LogP contribution >= 0.6 is 0 Å². The number of fused-ring (bicyclic) bond motifs is 9. The lowest BCUT2D eigenvalue weighted by molar-refractivity contribution is 1.56. The highest BCUT2D eigenvalue weighted by Gasteiger charge is 2.39. The van der Waals surface area contributed by atoms with E-state index in [4.69, 9.17) is 0 Å². The Labute approximate surface area is 244 Å². The Morgan fingerprint density at radius 1 is 0.310 bits per heavy atom.